The van der Waals surface area contributed by atoms with Gasteiger partial charge >= 0.3 is 5.97 Å². The molecule has 21 heavy (non-hydrogen) atoms. The van der Waals surface area contributed by atoms with Crippen molar-refractivity contribution < 1.29 is 14.3 Å². The van der Waals surface area contributed by atoms with E-state index in [2.05, 4.69) is 11.8 Å². The second-order valence-electron chi connectivity index (χ2n) is 5.07. The van der Waals surface area contributed by atoms with Crippen LogP contribution in [0.5, 0.6) is 0 Å². The first kappa shape index (κ1) is 16.2. The quantitative estimate of drug-likeness (QED) is 0.724. The molecule has 0 aromatic carbocycles. The van der Waals surface area contributed by atoms with Crippen molar-refractivity contribution in [2.75, 3.05) is 38.3 Å². The summed E-state index contributed by atoms with van der Waals surface area (Å²) in [6.45, 7) is 6.77. The molecule has 0 saturated carbocycles. The topological polar surface area (TPSA) is 51.7 Å². The molecule has 0 aliphatic heterocycles. The van der Waals surface area contributed by atoms with Gasteiger partial charge in [-0.05, 0) is 33.1 Å². The van der Waals surface area contributed by atoms with Gasteiger partial charge in [-0.25, -0.2) is 4.98 Å². The molecule has 1 heterocycles. The number of carbonyl (C=O) groups excluding carboxylic acids is 1. The van der Waals surface area contributed by atoms with Gasteiger partial charge in [-0.1, -0.05) is 0 Å². The van der Waals surface area contributed by atoms with Crippen molar-refractivity contribution >= 4 is 22.4 Å². The van der Waals surface area contributed by atoms with Gasteiger partial charge in [-0.15, -0.1) is 11.3 Å². The summed E-state index contributed by atoms with van der Waals surface area (Å²) in [5, 5.41) is 0.996. The summed E-state index contributed by atoms with van der Waals surface area (Å²) in [5.41, 5.74) is 0.940. The van der Waals surface area contributed by atoms with Gasteiger partial charge in [0.15, 0.2) is 5.13 Å². The van der Waals surface area contributed by atoms with E-state index < -0.39 is 0 Å². The Balaban J connectivity index is 2.19. The number of hydrogen-bond donors (Lipinski definition) is 0. The SMILES string of the molecule is CCOC(=O)C1CCCc2sc(N(CC)CCOC)nc21. The van der Waals surface area contributed by atoms with Gasteiger partial charge in [0.05, 0.1) is 18.9 Å². The van der Waals surface area contributed by atoms with Crippen LogP contribution in [-0.4, -0.2) is 44.4 Å². The van der Waals surface area contributed by atoms with E-state index in [1.807, 2.05) is 6.92 Å². The third-order valence-electron chi connectivity index (χ3n) is 3.73. The van der Waals surface area contributed by atoms with Crippen LogP contribution in [0.4, 0.5) is 5.13 Å². The van der Waals surface area contributed by atoms with Crippen molar-refractivity contribution in [3.63, 3.8) is 0 Å². The van der Waals surface area contributed by atoms with Gasteiger partial charge < -0.3 is 14.4 Å². The normalized spacial score (nSPS) is 17.4. The Morgan fingerprint density at radius 1 is 1.48 bits per heavy atom. The van der Waals surface area contributed by atoms with Gasteiger partial charge in [0, 0.05) is 25.1 Å². The molecule has 0 N–H and O–H groups in total. The Morgan fingerprint density at radius 2 is 2.29 bits per heavy atom. The summed E-state index contributed by atoms with van der Waals surface area (Å²) in [7, 11) is 1.71. The molecule has 0 fully saturated rings. The Bertz CT molecular complexity index is 475. The Kier molecular flexibility index (Phi) is 5.99. The largest absolute Gasteiger partial charge is 0.465 e. The lowest BCUT2D eigenvalue weighted by Crippen LogP contribution is -2.27. The summed E-state index contributed by atoms with van der Waals surface area (Å²) >= 11 is 1.71. The summed E-state index contributed by atoms with van der Waals surface area (Å²) in [5.74, 6) is -0.310. The molecule has 1 aliphatic carbocycles. The lowest BCUT2D eigenvalue weighted by atomic mass is 9.91. The highest BCUT2D eigenvalue weighted by Crippen LogP contribution is 2.38. The van der Waals surface area contributed by atoms with Crippen LogP contribution >= 0.6 is 11.3 Å². The first-order valence-corrected chi connectivity index (χ1v) is 8.43. The fraction of sp³-hybridized carbons (Fsp3) is 0.733. The van der Waals surface area contributed by atoms with Crippen LogP contribution in [-0.2, 0) is 20.7 Å². The third-order valence-corrected chi connectivity index (χ3v) is 4.92. The molecular formula is C15H24N2O3S. The predicted octanol–water partition coefficient (Wildman–Crippen LogP) is 2.60. The molecule has 1 aliphatic rings. The van der Waals surface area contributed by atoms with Crippen molar-refractivity contribution in [3.05, 3.63) is 10.6 Å². The summed E-state index contributed by atoms with van der Waals surface area (Å²) in [6.07, 6.45) is 2.90. The summed E-state index contributed by atoms with van der Waals surface area (Å²) in [6, 6.07) is 0. The first-order chi connectivity index (χ1) is 10.2. The van der Waals surface area contributed by atoms with E-state index >= 15 is 0 Å². The highest BCUT2D eigenvalue weighted by Gasteiger charge is 2.31. The number of anilines is 1. The molecule has 1 aromatic rings. The average Bonchev–Trinajstić information content (AvgIpc) is 2.91. The minimum atomic E-state index is -0.181. The number of likely N-dealkylation sites (N-methyl/N-ethyl adjacent to an activating group) is 1. The molecule has 0 amide bonds. The second-order valence-corrected chi connectivity index (χ2v) is 6.14. The van der Waals surface area contributed by atoms with Crippen molar-refractivity contribution in [1.29, 1.82) is 0 Å². The highest BCUT2D eigenvalue weighted by molar-refractivity contribution is 7.15. The molecule has 1 aromatic heterocycles. The number of fused-ring (bicyclic) bond motifs is 1. The number of rotatable bonds is 7. The number of nitrogens with zero attached hydrogens (tertiary/aromatic N) is 2. The van der Waals surface area contributed by atoms with Crippen LogP contribution in [0.15, 0.2) is 0 Å². The lowest BCUT2D eigenvalue weighted by Gasteiger charge is -2.19. The monoisotopic (exact) mass is 312 g/mol. The molecule has 2 rings (SSSR count). The smallest absolute Gasteiger partial charge is 0.315 e. The molecular weight excluding hydrogens is 288 g/mol. The second kappa shape index (κ2) is 7.75. The van der Waals surface area contributed by atoms with Crippen LogP contribution in [0, 0.1) is 0 Å². The lowest BCUT2D eigenvalue weighted by molar-refractivity contribution is -0.145. The van der Waals surface area contributed by atoms with E-state index in [-0.39, 0.29) is 11.9 Å². The zero-order valence-corrected chi connectivity index (χ0v) is 13.9. The van der Waals surface area contributed by atoms with Gasteiger partial charge in [-0.2, -0.15) is 0 Å². The van der Waals surface area contributed by atoms with Crippen molar-refractivity contribution in [1.82, 2.24) is 4.98 Å². The standard InChI is InChI=1S/C15H24N2O3S/c1-4-17(9-10-19-3)15-16-13-11(14(18)20-5-2)7-6-8-12(13)21-15/h11H,4-10H2,1-3H3. The Morgan fingerprint density at radius 3 is 2.95 bits per heavy atom. The van der Waals surface area contributed by atoms with Gasteiger partial charge in [-0.3, -0.25) is 4.79 Å². The fourth-order valence-electron chi connectivity index (χ4n) is 2.60. The molecule has 1 atom stereocenters. The average molecular weight is 312 g/mol. The van der Waals surface area contributed by atoms with Crippen LogP contribution in [0.2, 0.25) is 0 Å². The van der Waals surface area contributed by atoms with E-state index in [0.717, 1.165) is 43.2 Å². The molecule has 118 valence electrons. The number of carbonyl (C=O) groups is 1. The highest BCUT2D eigenvalue weighted by atomic mass is 32.1. The van der Waals surface area contributed by atoms with Crippen molar-refractivity contribution in [2.24, 2.45) is 0 Å². The van der Waals surface area contributed by atoms with Gasteiger partial charge in [0.1, 0.15) is 5.92 Å². The maximum atomic E-state index is 12.1. The fourth-order valence-corrected chi connectivity index (χ4v) is 3.86. The number of esters is 1. The summed E-state index contributed by atoms with van der Waals surface area (Å²) < 4.78 is 10.3. The Labute approximate surface area is 130 Å². The van der Waals surface area contributed by atoms with E-state index in [1.54, 1.807) is 18.4 Å². The van der Waals surface area contributed by atoms with Gasteiger partial charge in [0.2, 0.25) is 0 Å². The number of aryl methyl sites for hydroxylation is 1. The number of thiazole rings is 1. The molecule has 5 nitrogen and oxygen atoms in total. The predicted molar refractivity (Wildman–Crippen MR) is 84.2 cm³/mol. The van der Waals surface area contributed by atoms with E-state index in [4.69, 9.17) is 14.5 Å². The first-order valence-electron chi connectivity index (χ1n) is 7.61. The molecule has 0 radical (unpaired) electrons. The third kappa shape index (κ3) is 3.74. The minimum Gasteiger partial charge on any atom is -0.465 e. The van der Waals surface area contributed by atoms with Crippen LogP contribution < -0.4 is 4.90 Å². The molecule has 0 spiro atoms. The van der Waals surface area contributed by atoms with E-state index in [1.165, 1.54) is 4.88 Å². The number of ether oxygens (including phenoxy) is 2. The van der Waals surface area contributed by atoms with E-state index in [0.29, 0.717) is 13.2 Å². The minimum absolute atomic E-state index is 0.129. The maximum absolute atomic E-state index is 12.1. The molecule has 0 saturated heterocycles. The van der Waals surface area contributed by atoms with Crippen LogP contribution in [0.3, 0.4) is 0 Å². The van der Waals surface area contributed by atoms with Gasteiger partial charge in [0.25, 0.3) is 0 Å². The number of hydrogen-bond acceptors (Lipinski definition) is 6. The van der Waals surface area contributed by atoms with Crippen molar-refractivity contribution in [2.45, 2.75) is 39.0 Å². The number of methoxy groups -OCH3 is 1. The summed E-state index contributed by atoms with van der Waals surface area (Å²) in [4.78, 5) is 20.3. The zero-order chi connectivity index (χ0) is 15.2. The van der Waals surface area contributed by atoms with Crippen LogP contribution in [0.25, 0.3) is 0 Å². The molecule has 6 heteroatoms. The van der Waals surface area contributed by atoms with E-state index in [9.17, 15) is 4.79 Å². The zero-order valence-electron chi connectivity index (χ0n) is 13.1. The maximum Gasteiger partial charge on any atom is 0.315 e. The van der Waals surface area contributed by atoms with Crippen LogP contribution in [0.1, 0.15) is 43.2 Å². The molecule has 0 bridgehead atoms. The van der Waals surface area contributed by atoms with Crippen molar-refractivity contribution in [3.8, 4) is 0 Å². The Hall–Kier alpha value is -1.14. The molecule has 1 unspecified atom stereocenters. The number of aromatic nitrogens is 1.